The fourth-order valence-electron chi connectivity index (χ4n) is 2.23. The number of amides is 1. The Morgan fingerprint density at radius 3 is 2.59 bits per heavy atom. The van der Waals surface area contributed by atoms with E-state index >= 15 is 0 Å². The lowest BCUT2D eigenvalue weighted by atomic mass is 10.2. The van der Waals surface area contributed by atoms with Crippen LogP contribution in [0.3, 0.4) is 0 Å². The van der Waals surface area contributed by atoms with Gasteiger partial charge in [0.2, 0.25) is 5.91 Å². The molecule has 2 atom stereocenters. The number of rotatable bonds is 3. The van der Waals surface area contributed by atoms with Gasteiger partial charge in [-0.25, -0.2) is 4.79 Å². The number of nitrogens with zero attached hydrogens (tertiary/aromatic N) is 3. The summed E-state index contributed by atoms with van der Waals surface area (Å²) in [5, 5.41) is 13.1. The fraction of sp³-hybridized carbons (Fsp3) is 0.500. The van der Waals surface area contributed by atoms with Crippen molar-refractivity contribution in [1.29, 1.82) is 0 Å². The number of carbonyl (C=O) groups is 2. The molecule has 7 nitrogen and oxygen atoms in total. The lowest BCUT2D eigenvalue weighted by Crippen LogP contribution is -2.46. The molecule has 1 fully saturated rings. The van der Waals surface area contributed by atoms with E-state index in [0.717, 1.165) is 0 Å². The molecule has 2 rings (SSSR count). The normalized spacial score (nSPS) is 23.9. The molecule has 92 valence electrons. The lowest BCUT2D eigenvalue weighted by molar-refractivity contribution is -0.138. The van der Waals surface area contributed by atoms with Gasteiger partial charge < -0.3 is 15.7 Å². The molecule has 0 spiro atoms. The van der Waals surface area contributed by atoms with Crippen LogP contribution in [0.1, 0.15) is 12.8 Å². The zero-order valence-electron chi connectivity index (χ0n) is 9.41. The number of aryl methyl sites for hydroxylation is 1. The Balaban J connectivity index is 2.35. The summed E-state index contributed by atoms with van der Waals surface area (Å²) in [4.78, 5) is 24.0. The van der Waals surface area contributed by atoms with Gasteiger partial charge in [0.1, 0.15) is 12.1 Å². The van der Waals surface area contributed by atoms with E-state index in [0.29, 0.717) is 18.5 Å². The molecule has 0 unspecified atom stereocenters. The highest BCUT2D eigenvalue weighted by atomic mass is 16.4. The van der Waals surface area contributed by atoms with Gasteiger partial charge in [-0.3, -0.25) is 9.48 Å². The van der Waals surface area contributed by atoms with E-state index in [1.165, 1.54) is 11.1 Å². The van der Waals surface area contributed by atoms with Crippen molar-refractivity contribution in [2.75, 3.05) is 4.90 Å². The minimum atomic E-state index is -0.947. The molecule has 0 aromatic carbocycles. The second-order valence-corrected chi connectivity index (χ2v) is 4.13. The first-order valence-electron chi connectivity index (χ1n) is 5.30. The number of aliphatic carboxylic acids is 1. The van der Waals surface area contributed by atoms with E-state index in [-0.39, 0.29) is 0 Å². The minimum absolute atomic E-state index is 0.415. The second-order valence-electron chi connectivity index (χ2n) is 4.13. The van der Waals surface area contributed by atoms with Gasteiger partial charge >= 0.3 is 5.97 Å². The molecule has 0 aliphatic carbocycles. The number of carbonyl (C=O) groups excluding carboxylic acids is 1. The zero-order chi connectivity index (χ0) is 12.6. The molecule has 2 heterocycles. The van der Waals surface area contributed by atoms with Crippen LogP contribution in [-0.4, -0.2) is 38.8 Å². The largest absolute Gasteiger partial charge is 0.480 e. The Bertz CT molecular complexity index is 434. The van der Waals surface area contributed by atoms with Crippen LogP contribution in [0.5, 0.6) is 0 Å². The van der Waals surface area contributed by atoms with Crippen LogP contribution >= 0.6 is 0 Å². The first kappa shape index (κ1) is 11.4. The van der Waals surface area contributed by atoms with E-state index in [1.807, 2.05) is 0 Å². The van der Waals surface area contributed by atoms with E-state index in [9.17, 15) is 9.59 Å². The van der Waals surface area contributed by atoms with Crippen LogP contribution in [0.15, 0.2) is 12.4 Å². The van der Waals surface area contributed by atoms with Crippen molar-refractivity contribution in [2.45, 2.75) is 24.9 Å². The standard InChI is InChI=1S/C10H14N4O3/c1-13-5-6(4-12-13)14-7(9(11)15)2-3-8(14)10(16)17/h4-5,7-8H,2-3H2,1H3,(H2,11,15)(H,16,17)/t7-,8-/m0/s1. The first-order chi connectivity index (χ1) is 8.00. The molecule has 1 aromatic heterocycles. The SMILES string of the molecule is Cn1cc(N2[C@H](C(N)=O)CC[C@H]2C(=O)O)cn1. The summed E-state index contributed by atoms with van der Waals surface area (Å²) in [6.45, 7) is 0. The number of anilines is 1. The van der Waals surface area contributed by atoms with Gasteiger partial charge in [-0.2, -0.15) is 5.10 Å². The Labute approximate surface area is 97.8 Å². The molecular formula is C10H14N4O3. The summed E-state index contributed by atoms with van der Waals surface area (Å²) in [5.74, 6) is -1.45. The van der Waals surface area contributed by atoms with Crippen molar-refractivity contribution < 1.29 is 14.7 Å². The Morgan fingerprint density at radius 1 is 1.47 bits per heavy atom. The Kier molecular flexibility index (Phi) is 2.74. The smallest absolute Gasteiger partial charge is 0.326 e. The van der Waals surface area contributed by atoms with Crippen LogP contribution in [-0.2, 0) is 16.6 Å². The summed E-state index contributed by atoms with van der Waals surface area (Å²) in [7, 11) is 1.73. The predicted octanol–water partition coefficient (Wildman–Crippen LogP) is -0.673. The highest BCUT2D eigenvalue weighted by Gasteiger charge is 2.41. The van der Waals surface area contributed by atoms with E-state index < -0.39 is 24.0 Å². The molecule has 3 N–H and O–H groups in total. The maximum atomic E-state index is 11.3. The number of aromatic nitrogens is 2. The van der Waals surface area contributed by atoms with Crippen molar-refractivity contribution >= 4 is 17.6 Å². The molecule has 0 bridgehead atoms. The number of primary amides is 1. The number of nitrogens with two attached hydrogens (primary N) is 1. The van der Waals surface area contributed by atoms with Gasteiger partial charge in [-0.1, -0.05) is 0 Å². The van der Waals surface area contributed by atoms with Gasteiger partial charge in [-0.05, 0) is 12.8 Å². The molecule has 1 aromatic rings. The maximum Gasteiger partial charge on any atom is 0.326 e. The molecular weight excluding hydrogens is 224 g/mol. The summed E-state index contributed by atoms with van der Waals surface area (Å²) in [5.41, 5.74) is 5.91. The average molecular weight is 238 g/mol. The molecule has 0 saturated carbocycles. The minimum Gasteiger partial charge on any atom is -0.480 e. The van der Waals surface area contributed by atoms with Crippen molar-refractivity contribution in [3.8, 4) is 0 Å². The molecule has 0 radical (unpaired) electrons. The first-order valence-corrected chi connectivity index (χ1v) is 5.30. The third-order valence-electron chi connectivity index (χ3n) is 2.99. The monoisotopic (exact) mass is 238 g/mol. The molecule has 1 saturated heterocycles. The topological polar surface area (TPSA) is 101 Å². The number of carboxylic acids is 1. The highest BCUT2D eigenvalue weighted by molar-refractivity contribution is 5.89. The number of hydrogen-bond acceptors (Lipinski definition) is 4. The zero-order valence-corrected chi connectivity index (χ0v) is 9.41. The lowest BCUT2D eigenvalue weighted by Gasteiger charge is -2.26. The molecule has 7 heteroatoms. The van der Waals surface area contributed by atoms with Gasteiger partial charge in [0.05, 0.1) is 11.9 Å². The van der Waals surface area contributed by atoms with Crippen molar-refractivity contribution in [1.82, 2.24) is 9.78 Å². The third kappa shape index (κ3) is 1.95. The molecule has 17 heavy (non-hydrogen) atoms. The van der Waals surface area contributed by atoms with Crippen LogP contribution in [0.2, 0.25) is 0 Å². The number of carboxylic acid groups (broad SMARTS) is 1. The van der Waals surface area contributed by atoms with E-state index in [1.54, 1.807) is 17.9 Å². The molecule has 1 aliphatic heterocycles. The van der Waals surface area contributed by atoms with Crippen LogP contribution < -0.4 is 10.6 Å². The second kappa shape index (κ2) is 4.08. The van der Waals surface area contributed by atoms with E-state index in [2.05, 4.69) is 5.10 Å². The molecule has 1 aliphatic rings. The van der Waals surface area contributed by atoms with Crippen molar-refractivity contribution in [3.63, 3.8) is 0 Å². The fourth-order valence-corrected chi connectivity index (χ4v) is 2.23. The average Bonchev–Trinajstić information content (AvgIpc) is 2.81. The summed E-state index contributed by atoms with van der Waals surface area (Å²) in [6, 6.07) is -1.28. The predicted molar refractivity (Wildman–Crippen MR) is 59.3 cm³/mol. The van der Waals surface area contributed by atoms with Crippen LogP contribution in [0, 0.1) is 0 Å². The quantitative estimate of drug-likeness (QED) is 0.727. The van der Waals surface area contributed by atoms with Gasteiger partial charge in [0.15, 0.2) is 0 Å². The summed E-state index contributed by atoms with van der Waals surface area (Å²) >= 11 is 0. The summed E-state index contributed by atoms with van der Waals surface area (Å²) in [6.07, 6.45) is 4.09. The van der Waals surface area contributed by atoms with E-state index in [4.69, 9.17) is 10.8 Å². The third-order valence-corrected chi connectivity index (χ3v) is 2.99. The van der Waals surface area contributed by atoms with Crippen molar-refractivity contribution in [3.05, 3.63) is 12.4 Å². The number of hydrogen-bond donors (Lipinski definition) is 2. The Hall–Kier alpha value is -2.05. The van der Waals surface area contributed by atoms with Crippen LogP contribution in [0.25, 0.3) is 0 Å². The van der Waals surface area contributed by atoms with Gasteiger partial charge in [0, 0.05) is 13.2 Å². The molecule has 1 amide bonds. The highest BCUT2D eigenvalue weighted by Crippen LogP contribution is 2.30. The van der Waals surface area contributed by atoms with Crippen LogP contribution in [0.4, 0.5) is 5.69 Å². The summed E-state index contributed by atoms with van der Waals surface area (Å²) < 4.78 is 1.56. The van der Waals surface area contributed by atoms with Crippen molar-refractivity contribution in [2.24, 2.45) is 12.8 Å². The Morgan fingerprint density at radius 2 is 2.12 bits per heavy atom. The maximum absolute atomic E-state index is 11.3. The van der Waals surface area contributed by atoms with Gasteiger partial charge in [0.25, 0.3) is 0 Å². The van der Waals surface area contributed by atoms with Gasteiger partial charge in [-0.15, -0.1) is 0 Å².